The molecule has 0 amide bonds. The Morgan fingerprint density at radius 1 is 0.824 bits per heavy atom. The van der Waals surface area contributed by atoms with Gasteiger partial charge < -0.3 is 5.73 Å². The van der Waals surface area contributed by atoms with Crippen LogP contribution in [0.25, 0.3) is 0 Å². The van der Waals surface area contributed by atoms with Crippen LogP contribution in [0.5, 0.6) is 0 Å². The zero-order chi connectivity index (χ0) is 11.7. The van der Waals surface area contributed by atoms with Gasteiger partial charge in [-0.05, 0) is 36.0 Å². The van der Waals surface area contributed by atoms with Crippen molar-refractivity contribution in [2.24, 2.45) is 5.73 Å². The van der Waals surface area contributed by atoms with Crippen molar-refractivity contribution in [3.8, 4) is 0 Å². The molecule has 0 heterocycles. The van der Waals surface area contributed by atoms with Crippen molar-refractivity contribution in [2.45, 2.75) is 24.8 Å². The van der Waals surface area contributed by atoms with E-state index in [0.29, 0.717) is 0 Å². The molecule has 2 aromatic carbocycles. The van der Waals surface area contributed by atoms with Gasteiger partial charge in [-0.2, -0.15) is 0 Å². The molecular formula is C16H17N. The summed E-state index contributed by atoms with van der Waals surface area (Å²) in [5.74, 6) is 0. The maximum atomic E-state index is 6.60. The zero-order valence-electron chi connectivity index (χ0n) is 9.89. The molecule has 1 heteroatoms. The Kier molecular flexibility index (Phi) is 2.49. The molecule has 86 valence electrons. The summed E-state index contributed by atoms with van der Waals surface area (Å²) in [6.07, 6.45) is 3.07. The Labute approximate surface area is 102 Å². The number of nitrogens with two attached hydrogens (primary N) is 1. The van der Waals surface area contributed by atoms with Gasteiger partial charge in [0.05, 0.1) is 0 Å². The summed E-state index contributed by atoms with van der Waals surface area (Å²) in [6.45, 7) is 0. The highest BCUT2D eigenvalue weighted by atomic mass is 14.7. The third-order valence-electron chi connectivity index (χ3n) is 3.81. The van der Waals surface area contributed by atoms with Crippen molar-refractivity contribution in [1.82, 2.24) is 0 Å². The number of benzene rings is 2. The van der Waals surface area contributed by atoms with Gasteiger partial charge in [-0.15, -0.1) is 0 Å². The lowest BCUT2D eigenvalue weighted by Gasteiger charge is -2.35. The molecule has 0 saturated heterocycles. The lowest BCUT2D eigenvalue weighted by molar-refractivity contribution is 0.385. The summed E-state index contributed by atoms with van der Waals surface area (Å²) in [5, 5.41) is 0. The maximum Gasteiger partial charge on any atom is 0.0453 e. The fourth-order valence-electron chi connectivity index (χ4n) is 2.78. The van der Waals surface area contributed by atoms with Gasteiger partial charge in [0.25, 0.3) is 0 Å². The minimum Gasteiger partial charge on any atom is -0.321 e. The number of rotatable bonds is 1. The Hall–Kier alpha value is -1.60. The van der Waals surface area contributed by atoms with Crippen LogP contribution in [-0.2, 0) is 18.4 Å². The first-order chi connectivity index (χ1) is 8.28. The lowest BCUT2D eigenvalue weighted by Crippen LogP contribution is -2.42. The van der Waals surface area contributed by atoms with Crippen LogP contribution in [0.4, 0.5) is 0 Å². The van der Waals surface area contributed by atoms with Crippen LogP contribution < -0.4 is 5.73 Å². The molecule has 17 heavy (non-hydrogen) atoms. The summed E-state index contributed by atoms with van der Waals surface area (Å²) >= 11 is 0. The van der Waals surface area contributed by atoms with Crippen LogP contribution in [0.15, 0.2) is 54.6 Å². The first kappa shape index (κ1) is 10.5. The van der Waals surface area contributed by atoms with E-state index in [1.54, 1.807) is 0 Å². The first-order valence-electron chi connectivity index (χ1n) is 6.19. The second-order valence-electron chi connectivity index (χ2n) is 4.97. The van der Waals surface area contributed by atoms with Crippen LogP contribution in [0.1, 0.15) is 23.1 Å². The van der Waals surface area contributed by atoms with Gasteiger partial charge >= 0.3 is 0 Å². The van der Waals surface area contributed by atoms with E-state index in [2.05, 4.69) is 48.5 Å². The number of aryl methyl sites for hydroxylation is 1. The Balaban J connectivity index is 1.98. The quantitative estimate of drug-likeness (QED) is 0.790. The molecule has 2 N–H and O–H groups in total. The molecule has 0 saturated carbocycles. The molecule has 0 radical (unpaired) electrons. The molecule has 1 atom stereocenters. The monoisotopic (exact) mass is 223 g/mol. The van der Waals surface area contributed by atoms with Crippen molar-refractivity contribution in [3.05, 3.63) is 71.3 Å². The van der Waals surface area contributed by atoms with Gasteiger partial charge in [0.15, 0.2) is 0 Å². The molecule has 0 aromatic heterocycles. The van der Waals surface area contributed by atoms with Gasteiger partial charge in [0.1, 0.15) is 0 Å². The fourth-order valence-corrected chi connectivity index (χ4v) is 2.78. The second kappa shape index (κ2) is 4.01. The molecule has 1 aliphatic rings. The molecule has 1 unspecified atom stereocenters. The van der Waals surface area contributed by atoms with E-state index in [0.717, 1.165) is 19.3 Å². The number of hydrogen-bond acceptors (Lipinski definition) is 1. The van der Waals surface area contributed by atoms with E-state index in [4.69, 9.17) is 5.73 Å². The minimum atomic E-state index is -0.185. The standard InChI is InChI=1S/C16H17N/c17-16(15-8-2-1-3-9-15)11-10-13-6-4-5-7-14(13)12-16/h1-9H,10-12,17H2. The molecule has 3 rings (SSSR count). The van der Waals surface area contributed by atoms with Gasteiger partial charge in [-0.3, -0.25) is 0 Å². The summed E-state index contributed by atoms with van der Waals surface area (Å²) in [4.78, 5) is 0. The highest BCUT2D eigenvalue weighted by Crippen LogP contribution is 2.34. The topological polar surface area (TPSA) is 26.0 Å². The third-order valence-corrected chi connectivity index (χ3v) is 3.81. The van der Waals surface area contributed by atoms with Gasteiger partial charge in [0, 0.05) is 5.54 Å². The predicted molar refractivity (Wildman–Crippen MR) is 70.8 cm³/mol. The van der Waals surface area contributed by atoms with E-state index >= 15 is 0 Å². The van der Waals surface area contributed by atoms with Crippen molar-refractivity contribution < 1.29 is 0 Å². The smallest absolute Gasteiger partial charge is 0.0453 e. The molecule has 1 aliphatic carbocycles. The largest absolute Gasteiger partial charge is 0.321 e. The van der Waals surface area contributed by atoms with E-state index < -0.39 is 0 Å². The van der Waals surface area contributed by atoms with E-state index in [9.17, 15) is 0 Å². The predicted octanol–water partition coefficient (Wildman–Crippen LogP) is 3.03. The van der Waals surface area contributed by atoms with Crippen molar-refractivity contribution in [1.29, 1.82) is 0 Å². The fraction of sp³-hybridized carbons (Fsp3) is 0.250. The normalized spacial score (nSPS) is 23.1. The van der Waals surface area contributed by atoms with Crippen LogP contribution in [-0.4, -0.2) is 0 Å². The maximum absolute atomic E-state index is 6.60. The van der Waals surface area contributed by atoms with E-state index in [1.807, 2.05) is 6.07 Å². The zero-order valence-corrected chi connectivity index (χ0v) is 9.89. The number of fused-ring (bicyclic) bond motifs is 1. The summed E-state index contributed by atoms with van der Waals surface area (Å²) in [6, 6.07) is 19.1. The van der Waals surface area contributed by atoms with Crippen molar-refractivity contribution in [2.75, 3.05) is 0 Å². The first-order valence-corrected chi connectivity index (χ1v) is 6.19. The average Bonchev–Trinajstić information content (AvgIpc) is 2.40. The van der Waals surface area contributed by atoms with Crippen LogP contribution in [0.2, 0.25) is 0 Å². The van der Waals surface area contributed by atoms with Gasteiger partial charge in [-0.25, -0.2) is 0 Å². The molecule has 0 aliphatic heterocycles. The third kappa shape index (κ3) is 1.87. The van der Waals surface area contributed by atoms with Crippen LogP contribution in [0.3, 0.4) is 0 Å². The summed E-state index contributed by atoms with van der Waals surface area (Å²) < 4.78 is 0. The molecule has 0 bridgehead atoms. The Morgan fingerprint density at radius 3 is 2.24 bits per heavy atom. The second-order valence-corrected chi connectivity index (χ2v) is 4.97. The molecule has 0 fully saturated rings. The van der Waals surface area contributed by atoms with Crippen molar-refractivity contribution in [3.63, 3.8) is 0 Å². The van der Waals surface area contributed by atoms with Gasteiger partial charge in [0.2, 0.25) is 0 Å². The molecule has 1 nitrogen and oxygen atoms in total. The summed E-state index contributed by atoms with van der Waals surface area (Å²) in [5.41, 5.74) is 10.5. The molecule has 2 aromatic rings. The Bertz CT molecular complexity index is 518. The van der Waals surface area contributed by atoms with E-state index in [1.165, 1.54) is 16.7 Å². The molecule has 0 spiro atoms. The minimum absolute atomic E-state index is 0.185. The lowest BCUT2D eigenvalue weighted by atomic mass is 9.75. The Morgan fingerprint density at radius 2 is 1.47 bits per heavy atom. The van der Waals surface area contributed by atoms with Gasteiger partial charge in [-0.1, -0.05) is 54.6 Å². The van der Waals surface area contributed by atoms with Crippen LogP contribution >= 0.6 is 0 Å². The molecular weight excluding hydrogens is 206 g/mol. The highest BCUT2D eigenvalue weighted by molar-refractivity contribution is 5.36. The average molecular weight is 223 g/mol. The highest BCUT2D eigenvalue weighted by Gasteiger charge is 2.31. The number of hydrogen-bond donors (Lipinski definition) is 1. The summed E-state index contributed by atoms with van der Waals surface area (Å²) in [7, 11) is 0. The van der Waals surface area contributed by atoms with Crippen molar-refractivity contribution >= 4 is 0 Å². The van der Waals surface area contributed by atoms with Crippen LogP contribution in [0, 0.1) is 0 Å². The SMILES string of the molecule is NC1(c2ccccc2)CCc2ccccc2C1. The van der Waals surface area contributed by atoms with E-state index in [-0.39, 0.29) is 5.54 Å².